The Kier molecular flexibility index (Phi) is 36.1. The topological polar surface area (TPSA) is 124 Å². The highest BCUT2D eigenvalue weighted by atomic mass is 32.2. The van der Waals surface area contributed by atoms with Crippen molar-refractivity contribution in [3.8, 4) is 0 Å². The summed E-state index contributed by atoms with van der Waals surface area (Å²) in [7, 11) is -4.40. The van der Waals surface area contributed by atoms with Gasteiger partial charge in [0.15, 0.2) is 0 Å². The third-order valence-electron chi connectivity index (χ3n) is 10.4. The zero-order valence-corrected chi connectivity index (χ0v) is 34.0. The normalized spacial score (nSPS) is 13.8. The first-order valence-corrected chi connectivity index (χ1v) is 23.4. The van der Waals surface area contributed by atoms with Gasteiger partial charge >= 0.3 is 0 Å². The van der Waals surface area contributed by atoms with Crippen LogP contribution in [0.15, 0.2) is 0 Å². The minimum atomic E-state index is -4.40. The van der Waals surface area contributed by atoms with Gasteiger partial charge in [0.1, 0.15) is 6.10 Å². The van der Waals surface area contributed by atoms with Crippen LogP contribution >= 0.6 is 0 Å². The second-order valence-corrected chi connectivity index (χ2v) is 17.0. The van der Waals surface area contributed by atoms with E-state index in [1.807, 2.05) is 0 Å². The molecular formula is C42H85NO6S. The van der Waals surface area contributed by atoms with Crippen LogP contribution in [-0.4, -0.2) is 53.1 Å². The molecule has 0 saturated heterocycles. The maximum atomic E-state index is 12.6. The Morgan fingerprint density at radius 2 is 0.720 bits per heavy atom. The minimum absolute atomic E-state index is 0.304. The highest BCUT2D eigenvalue weighted by Crippen LogP contribution is 2.17. The first-order valence-electron chi connectivity index (χ1n) is 21.8. The summed E-state index contributed by atoms with van der Waals surface area (Å²) in [5.41, 5.74) is 0. The summed E-state index contributed by atoms with van der Waals surface area (Å²) >= 11 is 0. The van der Waals surface area contributed by atoms with E-state index in [0.29, 0.717) is 12.8 Å². The van der Waals surface area contributed by atoms with Gasteiger partial charge in [0.25, 0.3) is 10.1 Å². The van der Waals surface area contributed by atoms with E-state index in [4.69, 9.17) is 0 Å². The van der Waals surface area contributed by atoms with Crippen molar-refractivity contribution in [2.24, 2.45) is 0 Å². The van der Waals surface area contributed by atoms with Gasteiger partial charge in [0.2, 0.25) is 5.91 Å². The molecule has 300 valence electrons. The first-order chi connectivity index (χ1) is 24.2. The lowest BCUT2D eigenvalue weighted by Crippen LogP contribution is -2.50. The second-order valence-electron chi connectivity index (χ2n) is 15.5. The van der Waals surface area contributed by atoms with Gasteiger partial charge in [-0.2, -0.15) is 8.42 Å². The molecule has 0 heterocycles. The van der Waals surface area contributed by atoms with Gasteiger partial charge in [0, 0.05) is 0 Å². The van der Waals surface area contributed by atoms with E-state index in [1.54, 1.807) is 0 Å². The Labute approximate surface area is 311 Å². The molecule has 0 rings (SSSR count). The van der Waals surface area contributed by atoms with Crippen LogP contribution in [0.1, 0.15) is 239 Å². The molecule has 0 bridgehead atoms. The van der Waals surface area contributed by atoms with E-state index in [9.17, 15) is 28.0 Å². The van der Waals surface area contributed by atoms with Crippen LogP contribution < -0.4 is 5.32 Å². The van der Waals surface area contributed by atoms with Crippen LogP contribution in [0.2, 0.25) is 0 Å². The van der Waals surface area contributed by atoms with Crippen LogP contribution in [0.25, 0.3) is 0 Å². The van der Waals surface area contributed by atoms with Crippen molar-refractivity contribution in [1.29, 1.82) is 0 Å². The maximum absolute atomic E-state index is 12.6. The van der Waals surface area contributed by atoms with Crippen LogP contribution in [0.4, 0.5) is 0 Å². The fourth-order valence-corrected chi connectivity index (χ4v) is 7.81. The number of aliphatic hydroxyl groups excluding tert-OH is 2. The lowest BCUT2D eigenvalue weighted by molar-refractivity contribution is -0.131. The zero-order valence-electron chi connectivity index (χ0n) is 33.2. The molecule has 0 saturated carbocycles. The number of hydrogen-bond acceptors (Lipinski definition) is 5. The van der Waals surface area contributed by atoms with Crippen LogP contribution in [0.5, 0.6) is 0 Å². The number of rotatable bonds is 40. The summed E-state index contributed by atoms with van der Waals surface area (Å²) in [6, 6.07) is -1.14. The van der Waals surface area contributed by atoms with Crippen LogP contribution in [0.3, 0.4) is 0 Å². The monoisotopic (exact) mass is 732 g/mol. The van der Waals surface area contributed by atoms with Gasteiger partial charge < -0.3 is 15.5 Å². The molecule has 0 aliphatic carbocycles. The van der Waals surface area contributed by atoms with Gasteiger partial charge in [0.05, 0.1) is 17.9 Å². The summed E-state index contributed by atoms with van der Waals surface area (Å²) in [4.78, 5) is 12.6. The lowest BCUT2D eigenvalue weighted by atomic mass is 10.0. The van der Waals surface area contributed by atoms with Crippen LogP contribution in [0, 0.1) is 0 Å². The number of carbonyl (C=O) groups is 1. The molecule has 0 aromatic rings. The van der Waals surface area contributed by atoms with Crippen molar-refractivity contribution < 1.29 is 28.0 Å². The molecule has 1 amide bonds. The van der Waals surface area contributed by atoms with Crippen LogP contribution in [-0.2, 0) is 14.9 Å². The third kappa shape index (κ3) is 35.7. The van der Waals surface area contributed by atoms with E-state index in [1.165, 1.54) is 167 Å². The van der Waals surface area contributed by atoms with Crippen molar-refractivity contribution in [2.75, 3.05) is 5.75 Å². The van der Waals surface area contributed by atoms with E-state index >= 15 is 0 Å². The van der Waals surface area contributed by atoms with Gasteiger partial charge in [-0.15, -0.1) is 0 Å². The van der Waals surface area contributed by atoms with Gasteiger partial charge in [-0.05, 0) is 12.8 Å². The Hall–Kier alpha value is -0.700. The van der Waals surface area contributed by atoms with E-state index in [-0.39, 0.29) is 0 Å². The van der Waals surface area contributed by atoms with Gasteiger partial charge in [-0.1, -0.05) is 226 Å². The van der Waals surface area contributed by atoms with E-state index in [0.717, 1.165) is 44.9 Å². The number of aliphatic hydroxyl groups is 2. The molecule has 7 nitrogen and oxygen atoms in total. The molecule has 0 spiro atoms. The molecule has 8 heteroatoms. The highest BCUT2D eigenvalue weighted by molar-refractivity contribution is 7.85. The number of unbranched alkanes of at least 4 members (excludes halogenated alkanes) is 31. The number of nitrogens with one attached hydrogen (secondary N) is 1. The number of hydrogen-bond donors (Lipinski definition) is 4. The minimum Gasteiger partial charge on any atom is -0.391 e. The SMILES string of the molecule is CCCCCCCCCCCCCCCCCCCCC(O)C(=O)NC(CS(=O)(=O)O)C(O)CCCCCCCCCCCCCCCCC. The smallest absolute Gasteiger partial charge is 0.266 e. The molecule has 0 aliphatic heterocycles. The predicted octanol–water partition coefficient (Wildman–Crippen LogP) is 11.8. The molecule has 0 aromatic carbocycles. The summed E-state index contributed by atoms with van der Waals surface area (Å²) < 4.78 is 32.6. The molecular weight excluding hydrogens is 647 g/mol. The molecule has 0 fully saturated rings. The number of amides is 1. The van der Waals surface area contributed by atoms with Gasteiger partial charge in [-0.3, -0.25) is 9.35 Å². The van der Waals surface area contributed by atoms with Crippen molar-refractivity contribution in [1.82, 2.24) is 5.32 Å². The van der Waals surface area contributed by atoms with Crippen molar-refractivity contribution in [2.45, 2.75) is 257 Å². The molecule has 4 N–H and O–H groups in total. The average Bonchev–Trinajstić information content (AvgIpc) is 3.08. The number of carbonyl (C=O) groups excluding carboxylic acids is 1. The fourth-order valence-electron chi connectivity index (χ4n) is 7.05. The Morgan fingerprint density at radius 1 is 0.460 bits per heavy atom. The summed E-state index contributed by atoms with van der Waals surface area (Å²) in [5.74, 6) is -1.44. The zero-order chi connectivity index (χ0) is 37.0. The Balaban J connectivity index is 3.90. The Bertz CT molecular complexity index is 823. The molecule has 50 heavy (non-hydrogen) atoms. The standard InChI is InChI=1S/C42H85NO6S/c1-3-5-7-9-11-13-15-17-19-20-21-23-25-27-29-31-33-35-37-41(45)42(46)43-39(38-50(47,48)49)40(44)36-34-32-30-28-26-24-22-18-16-14-12-10-8-6-4-2/h39-41,44-45H,3-38H2,1-2H3,(H,43,46)(H,47,48,49). The predicted molar refractivity (Wildman–Crippen MR) is 213 cm³/mol. The molecule has 0 radical (unpaired) electrons. The molecule has 3 unspecified atom stereocenters. The summed E-state index contributed by atoms with van der Waals surface area (Å²) in [5, 5.41) is 23.6. The lowest BCUT2D eigenvalue weighted by Gasteiger charge is -2.24. The third-order valence-corrected chi connectivity index (χ3v) is 11.2. The largest absolute Gasteiger partial charge is 0.391 e. The molecule has 3 atom stereocenters. The second kappa shape index (κ2) is 36.6. The molecule has 0 aliphatic rings. The first kappa shape index (κ1) is 49.3. The van der Waals surface area contributed by atoms with Crippen molar-refractivity contribution in [3.05, 3.63) is 0 Å². The summed E-state index contributed by atoms with van der Waals surface area (Å²) in [6.45, 7) is 4.52. The quantitative estimate of drug-likeness (QED) is 0.0367. The van der Waals surface area contributed by atoms with Crippen molar-refractivity contribution in [3.63, 3.8) is 0 Å². The van der Waals surface area contributed by atoms with Gasteiger partial charge in [-0.25, -0.2) is 0 Å². The fraction of sp³-hybridized carbons (Fsp3) is 0.976. The highest BCUT2D eigenvalue weighted by Gasteiger charge is 2.28. The average molecular weight is 732 g/mol. The maximum Gasteiger partial charge on any atom is 0.266 e. The van der Waals surface area contributed by atoms with E-state index < -0.39 is 40.0 Å². The van der Waals surface area contributed by atoms with E-state index in [2.05, 4.69) is 19.2 Å². The molecule has 0 aromatic heterocycles. The van der Waals surface area contributed by atoms with Crippen molar-refractivity contribution >= 4 is 16.0 Å². The Morgan fingerprint density at radius 3 is 1.00 bits per heavy atom. The summed E-state index contributed by atoms with van der Waals surface area (Å²) in [6.07, 6.45) is 39.7.